The van der Waals surface area contributed by atoms with Crippen molar-refractivity contribution in [3.8, 4) is 22.6 Å². The van der Waals surface area contributed by atoms with Gasteiger partial charge in [-0.2, -0.15) is 0 Å². The maximum atomic E-state index is 12.1. The first-order valence-electron chi connectivity index (χ1n) is 16.7. The van der Waals surface area contributed by atoms with Crippen LogP contribution in [0.1, 0.15) is 67.3 Å². The van der Waals surface area contributed by atoms with Gasteiger partial charge in [0.1, 0.15) is 11.5 Å². The van der Waals surface area contributed by atoms with Crippen molar-refractivity contribution in [1.29, 1.82) is 0 Å². The highest BCUT2D eigenvalue weighted by Crippen LogP contribution is 2.22. The quantitative estimate of drug-likeness (QED) is 0.0422. The van der Waals surface area contributed by atoms with Gasteiger partial charge in [0.2, 0.25) is 0 Å². The molecule has 0 heterocycles. The molecule has 0 saturated carbocycles. The van der Waals surface area contributed by atoms with Crippen LogP contribution in [-0.2, 0) is 14.3 Å². The van der Waals surface area contributed by atoms with Crippen LogP contribution in [0.25, 0.3) is 17.2 Å². The smallest absolute Gasteiger partial charge is 0.338 e. The molecule has 0 aliphatic rings. The highest BCUT2D eigenvalue weighted by atomic mass is 16.5. The summed E-state index contributed by atoms with van der Waals surface area (Å²) in [6, 6.07) is 30.8. The third-order valence-corrected chi connectivity index (χ3v) is 7.56. The molecule has 48 heavy (non-hydrogen) atoms. The van der Waals surface area contributed by atoms with Crippen molar-refractivity contribution in [2.24, 2.45) is 0 Å². The van der Waals surface area contributed by atoms with Crippen molar-refractivity contribution in [3.63, 3.8) is 0 Å². The van der Waals surface area contributed by atoms with Gasteiger partial charge in [-0.15, -0.1) is 0 Å². The summed E-state index contributed by atoms with van der Waals surface area (Å²) >= 11 is 0. The second-order valence-electron chi connectivity index (χ2n) is 11.5. The Labute approximate surface area is 283 Å². The highest BCUT2D eigenvalue weighted by Gasteiger charge is 2.08. The monoisotopic (exact) mass is 650 g/mol. The Bertz CT molecular complexity index is 1550. The van der Waals surface area contributed by atoms with Crippen molar-refractivity contribution in [1.82, 2.24) is 0 Å². The number of rotatable bonds is 20. The first kappa shape index (κ1) is 35.6. The average Bonchev–Trinajstić information content (AvgIpc) is 3.10. The zero-order valence-electron chi connectivity index (χ0n) is 27.5. The molecule has 0 bridgehead atoms. The number of ether oxygens (including phenoxy) is 4. The van der Waals surface area contributed by atoms with Crippen molar-refractivity contribution in [2.45, 2.75) is 51.4 Å². The lowest BCUT2D eigenvalue weighted by molar-refractivity contribution is -0.137. The second-order valence-corrected chi connectivity index (χ2v) is 11.5. The van der Waals surface area contributed by atoms with E-state index >= 15 is 0 Å². The fraction of sp³-hybridized carbons (Fsp3) is 0.300. The van der Waals surface area contributed by atoms with Gasteiger partial charge in [0.25, 0.3) is 0 Å². The number of nitrogens with two attached hydrogens (primary N) is 2. The molecule has 252 valence electrons. The number of unbranched alkanes of at least 4 members (excludes halogenated alkanes) is 6. The average molecular weight is 651 g/mol. The molecule has 0 spiro atoms. The van der Waals surface area contributed by atoms with Gasteiger partial charge in [-0.25, -0.2) is 9.59 Å². The Morgan fingerprint density at radius 3 is 1.62 bits per heavy atom. The van der Waals surface area contributed by atoms with E-state index < -0.39 is 5.97 Å². The van der Waals surface area contributed by atoms with E-state index in [9.17, 15) is 9.59 Å². The SMILES string of the molecule is Nc1cc(N)cc(C(=O)OCCCCCCOc2ccc(C=CC(=O)OCCCCCCOc3ccc(-c4ccccc4)cc3)cc2)c1. The standard InChI is InChI=1S/C40H46N2O6/c41-35-28-34(29-36(42)30-35)40(44)48-27-11-4-2-9-24-45-37-19-14-31(15-20-37)16-23-39(43)47-26-10-3-1-8-25-46-38-21-17-33(18-22-38)32-12-6-5-7-13-32/h5-7,12-23,28-30H,1-4,8-11,24-27,41-42H2. The summed E-state index contributed by atoms with van der Waals surface area (Å²) in [4.78, 5) is 24.2. The minimum Gasteiger partial charge on any atom is -0.494 e. The van der Waals surface area contributed by atoms with E-state index in [2.05, 4.69) is 24.3 Å². The largest absolute Gasteiger partial charge is 0.494 e. The van der Waals surface area contributed by atoms with Crippen LogP contribution in [0.5, 0.6) is 11.5 Å². The van der Waals surface area contributed by atoms with Crippen molar-refractivity contribution in [2.75, 3.05) is 37.9 Å². The van der Waals surface area contributed by atoms with Gasteiger partial charge in [-0.3, -0.25) is 0 Å². The van der Waals surface area contributed by atoms with Crippen LogP contribution in [0.15, 0.2) is 103 Å². The van der Waals surface area contributed by atoms with Gasteiger partial charge < -0.3 is 30.4 Å². The maximum absolute atomic E-state index is 12.1. The topological polar surface area (TPSA) is 123 Å². The van der Waals surface area contributed by atoms with Crippen LogP contribution < -0.4 is 20.9 Å². The Balaban J connectivity index is 0.970. The lowest BCUT2D eigenvalue weighted by Gasteiger charge is -2.08. The molecule has 0 atom stereocenters. The molecule has 4 rings (SSSR count). The summed E-state index contributed by atoms with van der Waals surface area (Å²) in [5, 5.41) is 0. The molecule has 4 aromatic carbocycles. The molecule has 4 aromatic rings. The van der Waals surface area contributed by atoms with Gasteiger partial charge in [0, 0.05) is 17.5 Å². The molecule has 0 aliphatic carbocycles. The van der Waals surface area contributed by atoms with E-state index in [-0.39, 0.29) is 5.97 Å². The van der Waals surface area contributed by atoms with E-state index in [1.54, 1.807) is 24.3 Å². The number of benzene rings is 4. The predicted octanol–water partition coefficient (Wildman–Crippen LogP) is 8.51. The van der Waals surface area contributed by atoms with E-state index in [0.29, 0.717) is 43.4 Å². The molecule has 0 aliphatic heterocycles. The molecule has 4 N–H and O–H groups in total. The van der Waals surface area contributed by atoms with Crippen molar-refractivity contribution >= 4 is 29.4 Å². The summed E-state index contributed by atoms with van der Waals surface area (Å²) in [5.74, 6) is 0.887. The Morgan fingerprint density at radius 2 is 1.04 bits per heavy atom. The van der Waals surface area contributed by atoms with E-state index in [4.69, 9.17) is 30.4 Å². The van der Waals surface area contributed by atoms with E-state index in [1.807, 2.05) is 54.6 Å². The summed E-state index contributed by atoms with van der Waals surface area (Å²) in [7, 11) is 0. The lowest BCUT2D eigenvalue weighted by atomic mass is 10.1. The first-order chi connectivity index (χ1) is 23.5. The summed E-state index contributed by atoms with van der Waals surface area (Å²) in [6.45, 7) is 2.02. The molecule has 0 amide bonds. The zero-order valence-corrected chi connectivity index (χ0v) is 27.5. The molecular weight excluding hydrogens is 604 g/mol. The van der Waals surface area contributed by atoms with Crippen LogP contribution in [-0.4, -0.2) is 38.4 Å². The first-order valence-corrected chi connectivity index (χ1v) is 16.7. The predicted molar refractivity (Wildman–Crippen MR) is 192 cm³/mol. The maximum Gasteiger partial charge on any atom is 0.338 e. The molecule has 0 unspecified atom stereocenters. The van der Waals surface area contributed by atoms with E-state index in [1.165, 1.54) is 17.2 Å². The number of nitrogen functional groups attached to an aromatic ring is 2. The fourth-order valence-corrected chi connectivity index (χ4v) is 4.97. The van der Waals surface area contributed by atoms with Gasteiger partial charge >= 0.3 is 11.9 Å². The highest BCUT2D eigenvalue weighted by molar-refractivity contribution is 5.91. The molecular formula is C40H46N2O6. The van der Waals surface area contributed by atoms with Crippen LogP contribution in [0.4, 0.5) is 11.4 Å². The van der Waals surface area contributed by atoms with Crippen LogP contribution in [0.2, 0.25) is 0 Å². The fourth-order valence-electron chi connectivity index (χ4n) is 4.97. The minimum atomic E-state index is -0.418. The normalized spacial score (nSPS) is 10.9. The van der Waals surface area contributed by atoms with Crippen molar-refractivity contribution in [3.05, 3.63) is 114 Å². The zero-order chi connectivity index (χ0) is 33.8. The minimum absolute atomic E-state index is 0.346. The van der Waals surface area contributed by atoms with Gasteiger partial charge in [0.05, 0.1) is 32.0 Å². The molecule has 0 radical (unpaired) electrons. The van der Waals surface area contributed by atoms with Crippen LogP contribution in [0, 0.1) is 0 Å². The van der Waals surface area contributed by atoms with Crippen molar-refractivity contribution < 1.29 is 28.5 Å². The Hall–Kier alpha value is -5.24. The van der Waals surface area contributed by atoms with Gasteiger partial charge in [0.15, 0.2) is 0 Å². The lowest BCUT2D eigenvalue weighted by Crippen LogP contribution is -2.08. The summed E-state index contributed by atoms with van der Waals surface area (Å²) in [5.41, 5.74) is 15.9. The number of carbonyl (C=O) groups is 2. The van der Waals surface area contributed by atoms with Crippen LogP contribution in [0.3, 0.4) is 0 Å². The Kier molecular flexibility index (Phi) is 14.9. The number of hydrogen-bond donors (Lipinski definition) is 2. The molecule has 0 aromatic heterocycles. The summed E-state index contributed by atoms with van der Waals surface area (Å²) < 4.78 is 22.3. The van der Waals surface area contributed by atoms with Crippen LogP contribution >= 0.6 is 0 Å². The van der Waals surface area contributed by atoms with Gasteiger partial charge in [-0.1, -0.05) is 54.6 Å². The number of anilines is 2. The summed E-state index contributed by atoms with van der Waals surface area (Å²) in [6.07, 6.45) is 10.5. The molecule has 0 fully saturated rings. The van der Waals surface area contributed by atoms with E-state index in [0.717, 1.165) is 68.4 Å². The third-order valence-electron chi connectivity index (χ3n) is 7.56. The molecule has 0 saturated heterocycles. The second kappa shape index (κ2) is 20.1. The number of esters is 2. The number of hydrogen-bond acceptors (Lipinski definition) is 8. The molecule has 8 nitrogen and oxygen atoms in total. The van der Waals surface area contributed by atoms with Gasteiger partial charge in [-0.05, 0) is 117 Å². The Morgan fingerprint density at radius 1 is 0.542 bits per heavy atom. The number of carbonyl (C=O) groups excluding carboxylic acids is 2. The third kappa shape index (κ3) is 13.2. The molecule has 8 heteroatoms.